The van der Waals surface area contributed by atoms with Crippen molar-refractivity contribution < 1.29 is 0 Å². The van der Waals surface area contributed by atoms with Crippen molar-refractivity contribution in [1.29, 1.82) is 10.5 Å². The van der Waals surface area contributed by atoms with Crippen LogP contribution in [0.15, 0.2) is 133 Å². The predicted octanol–water partition coefficient (Wildman–Crippen LogP) is 16.8. The van der Waals surface area contributed by atoms with Gasteiger partial charge in [0.15, 0.2) is 0 Å². The Morgan fingerprint density at radius 2 is 0.726 bits per heavy atom. The third-order valence-corrected chi connectivity index (χ3v) is 14.1. The minimum absolute atomic E-state index is 0.427. The highest BCUT2D eigenvalue weighted by Crippen LogP contribution is 2.53. The van der Waals surface area contributed by atoms with Crippen molar-refractivity contribution in [2.24, 2.45) is 0 Å². The first-order valence-electron chi connectivity index (χ1n) is 22.9. The maximum Gasteiger partial charge on any atom is 0.0991 e. The molecule has 0 heterocycles. The number of rotatable bonds is 10. The minimum atomic E-state index is 0.427. The van der Waals surface area contributed by atoms with E-state index < -0.39 is 0 Å². The van der Waals surface area contributed by atoms with Crippen LogP contribution in [0, 0.1) is 22.7 Å². The molecule has 0 aliphatic heterocycles. The van der Waals surface area contributed by atoms with Crippen LogP contribution in [-0.4, -0.2) is 0 Å². The molecule has 0 unspecified atom stereocenters. The molecule has 0 saturated heterocycles. The summed E-state index contributed by atoms with van der Waals surface area (Å²) >= 11 is 0. The van der Waals surface area contributed by atoms with Gasteiger partial charge in [0.2, 0.25) is 0 Å². The van der Waals surface area contributed by atoms with Gasteiger partial charge in [0, 0.05) is 33.5 Å². The molecule has 0 amide bonds. The van der Waals surface area contributed by atoms with Crippen LogP contribution in [0.1, 0.15) is 136 Å². The molecule has 2 fully saturated rings. The van der Waals surface area contributed by atoms with Crippen LogP contribution in [0.3, 0.4) is 0 Å². The van der Waals surface area contributed by atoms with Gasteiger partial charge in [0.25, 0.3) is 0 Å². The van der Waals surface area contributed by atoms with E-state index in [0.717, 1.165) is 22.7 Å². The quantitative estimate of drug-likeness (QED) is 0.129. The van der Waals surface area contributed by atoms with Crippen LogP contribution in [0.2, 0.25) is 0 Å². The lowest BCUT2D eigenvalue weighted by molar-refractivity contribution is 0.729. The van der Waals surface area contributed by atoms with Crippen LogP contribution in [0.4, 0.5) is 34.1 Å². The smallest absolute Gasteiger partial charge is 0.0991 e. The van der Waals surface area contributed by atoms with E-state index in [-0.39, 0.29) is 0 Å². The van der Waals surface area contributed by atoms with E-state index in [1.165, 1.54) is 117 Å². The lowest BCUT2D eigenvalue weighted by Crippen LogP contribution is -2.13. The molecule has 10 rings (SSSR count). The Bertz CT molecular complexity index is 2760. The molecule has 0 N–H and O–H groups in total. The molecular weight excluding hydrogens is 753 g/mol. The van der Waals surface area contributed by atoms with Gasteiger partial charge >= 0.3 is 0 Å². The predicted molar refractivity (Wildman–Crippen MR) is 260 cm³/mol. The normalized spacial score (nSPS) is 14.7. The van der Waals surface area contributed by atoms with E-state index in [4.69, 9.17) is 0 Å². The fourth-order valence-corrected chi connectivity index (χ4v) is 10.8. The van der Waals surface area contributed by atoms with Crippen molar-refractivity contribution in [3.05, 3.63) is 167 Å². The van der Waals surface area contributed by atoms with Crippen molar-refractivity contribution in [2.75, 3.05) is 9.80 Å². The van der Waals surface area contributed by atoms with Crippen LogP contribution >= 0.6 is 0 Å². The van der Waals surface area contributed by atoms with E-state index >= 15 is 0 Å². The zero-order valence-electron chi connectivity index (χ0n) is 36.5. The summed E-state index contributed by atoms with van der Waals surface area (Å²) in [6, 6.07) is 53.9. The number of nitriles is 2. The van der Waals surface area contributed by atoms with Crippen molar-refractivity contribution >= 4 is 66.4 Å². The molecule has 2 aliphatic rings. The molecule has 0 radical (unpaired) electrons. The number of benzene rings is 8. The summed E-state index contributed by atoms with van der Waals surface area (Å²) in [4.78, 5) is 4.88. The summed E-state index contributed by atoms with van der Waals surface area (Å²) in [6.07, 6.45) is 9.79. The molecule has 0 aromatic heterocycles. The minimum Gasteiger partial charge on any atom is -0.310 e. The van der Waals surface area contributed by atoms with Crippen molar-refractivity contribution in [3.63, 3.8) is 0 Å². The Morgan fingerprint density at radius 1 is 0.419 bits per heavy atom. The maximum absolute atomic E-state index is 9.83. The summed E-state index contributed by atoms with van der Waals surface area (Å²) in [7, 11) is 0. The molecule has 4 nitrogen and oxygen atoms in total. The van der Waals surface area contributed by atoms with E-state index in [9.17, 15) is 10.5 Å². The monoisotopic (exact) mass is 806 g/mol. The average Bonchev–Trinajstić information content (AvgIpc) is 4.06. The topological polar surface area (TPSA) is 54.1 Å². The van der Waals surface area contributed by atoms with Gasteiger partial charge in [-0.05, 0) is 178 Å². The number of anilines is 6. The first kappa shape index (κ1) is 39.5. The standard InChI is InChI=1S/C58H54N4/c1-37(2)41-17-25-47(26-18-41)61(45-21-13-39(35-59)14-22-45)55-33-53(43-9-5-6-10-43)49-30-32-52-56(34-54(44-11-7-8-12-44)50-29-31-51(55)57(49)58(50)52)62(46-23-15-40(36-60)16-24-46)48-27-19-42(20-28-48)38(3)4/h13-34,37-38,43-44H,5-12H2,1-4H3. The molecule has 0 spiro atoms. The molecule has 2 aliphatic carbocycles. The molecule has 306 valence electrons. The van der Waals surface area contributed by atoms with Crippen LogP contribution in [-0.2, 0) is 0 Å². The lowest BCUT2D eigenvalue weighted by atomic mass is 9.82. The Kier molecular flexibility index (Phi) is 10.4. The summed E-state index contributed by atoms with van der Waals surface area (Å²) in [5.74, 6) is 1.81. The number of hydrogen-bond acceptors (Lipinski definition) is 4. The molecule has 8 aromatic carbocycles. The summed E-state index contributed by atoms with van der Waals surface area (Å²) < 4.78 is 0. The SMILES string of the molecule is CC(C)c1ccc(N(c2ccc(C#N)cc2)c2cc(C3CCCC3)c3ccc4c(N(c5ccc(C#N)cc5)c5ccc(C(C)C)cc5)cc(C5CCCC5)c5ccc2c3c54)cc1. The van der Waals surface area contributed by atoms with E-state index in [0.29, 0.717) is 34.8 Å². The highest BCUT2D eigenvalue weighted by Gasteiger charge is 2.30. The molecule has 8 aromatic rings. The zero-order chi connectivity index (χ0) is 42.5. The third-order valence-electron chi connectivity index (χ3n) is 14.1. The Hall–Kier alpha value is -6.62. The first-order chi connectivity index (χ1) is 30.3. The largest absolute Gasteiger partial charge is 0.310 e. The zero-order valence-corrected chi connectivity index (χ0v) is 36.5. The van der Waals surface area contributed by atoms with Gasteiger partial charge < -0.3 is 9.80 Å². The van der Waals surface area contributed by atoms with Crippen LogP contribution in [0.5, 0.6) is 0 Å². The highest BCUT2D eigenvalue weighted by molar-refractivity contribution is 6.29. The maximum atomic E-state index is 9.83. The summed E-state index contributed by atoms with van der Waals surface area (Å²) in [5, 5.41) is 27.5. The fraction of sp³-hybridized carbons (Fsp3) is 0.276. The lowest BCUT2D eigenvalue weighted by Gasteiger charge is -2.32. The molecule has 0 atom stereocenters. The molecule has 4 heteroatoms. The Morgan fingerprint density at radius 3 is 1.03 bits per heavy atom. The third kappa shape index (κ3) is 6.93. The molecule has 2 saturated carbocycles. The summed E-state index contributed by atoms with van der Waals surface area (Å²) in [6.45, 7) is 9.00. The second-order valence-electron chi connectivity index (χ2n) is 18.5. The van der Waals surface area contributed by atoms with E-state index in [2.05, 4.69) is 159 Å². The van der Waals surface area contributed by atoms with Crippen molar-refractivity contribution in [3.8, 4) is 12.1 Å². The van der Waals surface area contributed by atoms with Gasteiger partial charge in [-0.2, -0.15) is 10.5 Å². The fourth-order valence-electron chi connectivity index (χ4n) is 10.8. The number of hydrogen-bond donors (Lipinski definition) is 0. The van der Waals surface area contributed by atoms with Gasteiger partial charge in [-0.3, -0.25) is 0 Å². The molecule has 0 bridgehead atoms. The molecular formula is C58H54N4. The van der Waals surface area contributed by atoms with Gasteiger partial charge in [0.1, 0.15) is 0 Å². The van der Waals surface area contributed by atoms with Gasteiger partial charge in [-0.15, -0.1) is 0 Å². The average molecular weight is 807 g/mol. The van der Waals surface area contributed by atoms with Crippen LogP contribution < -0.4 is 9.80 Å². The molecule has 62 heavy (non-hydrogen) atoms. The Labute approximate surface area is 367 Å². The second kappa shape index (κ2) is 16.3. The second-order valence-corrected chi connectivity index (χ2v) is 18.5. The van der Waals surface area contributed by atoms with E-state index in [1.54, 1.807) is 0 Å². The first-order valence-corrected chi connectivity index (χ1v) is 22.9. The Balaban J connectivity index is 1.31. The van der Waals surface area contributed by atoms with Crippen molar-refractivity contribution in [2.45, 2.75) is 103 Å². The van der Waals surface area contributed by atoms with Crippen LogP contribution in [0.25, 0.3) is 32.3 Å². The van der Waals surface area contributed by atoms with Gasteiger partial charge in [-0.1, -0.05) is 102 Å². The highest BCUT2D eigenvalue weighted by atomic mass is 15.1. The summed E-state index contributed by atoms with van der Waals surface area (Å²) in [5.41, 5.74) is 13.5. The van der Waals surface area contributed by atoms with E-state index in [1.807, 2.05) is 24.3 Å². The number of nitrogens with zero attached hydrogens (tertiary/aromatic N) is 4. The van der Waals surface area contributed by atoms with Crippen molar-refractivity contribution in [1.82, 2.24) is 0 Å². The van der Waals surface area contributed by atoms with Gasteiger partial charge in [-0.25, -0.2) is 0 Å². The van der Waals surface area contributed by atoms with Gasteiger partial charge in [0.05, 0.1) is 34.6 Å².